The van der Waals surface area contributed by atoms with E-state index >= 15 is 0 Å². The van der Waals surface area contributed by atoms with Crippen LogP contribution in [0.25, 0.3) is 0 Å². The molecule has 1 aliphatic heterocycles. The number of hydrogen-bond donors (Lipinski definition) is 1. The summed E-state index contributed by atoms with van der Waals surface area (Å²) in [5, 5.41) is 3.44. The van der Waals surface area contributed by atoms with E-state index in [-0.39, 0.29) is 11.6 Å². The zero-order chi connectivity index (χ0) is 13.2. The van der Waals surface area contributed by atoms with E-state index in [0.29, 0.717) is 0 Å². The largest absolute Gasteiger partial charge is 0.444 e. The fourth-order valence-corrected chi connectivity index (χ4v) is 3.10. The molecule has 2 rings (SSSR count). The monoisotopic (exact) mass is 254 g/mol. The summed E-state index contributed by atoms with van der Waals surface area (Å²) in [6.45, 7) is 8.37. The van der Waals surface area contributed by atoms with Crippen LogP contribution in [-0.2, 0) is 4.74 Å². The number of hydrogen-bond acceptors (Lipinski definition) is 3. The summed E-state index contributed by atoms with van der Waals surface area (Å²) in [6, 6.07) is 0. The van der Waals surface area contributed by atoms with Crippen molar-refractivity contribution in [2.24, 2.45) is 0 Å². The Balaban J connectivity index is 2.10. The van der Waals surface area contributed by atoms with Crippen molar-refractivity contribution in [2.45, 2.75) is 64.0 Å². The standard InChI is InChI=1S/C14H26N2O2/c1-13(2,3)18-12(17)16-10-9-15-11-14(16)7-5-4-6-8-14/h15H,4-11H2,1-3H3. The van der Waals surface area contributed by atoms with Crippen LogP contribution < -0.4 is 5.32 Å². The van der Waals surface area contributed by atoms with E-state index in [1.54, 1.807) is 0 Å². The minimum Gasteiger partial charge on any atom is -0.444 e. The molecule has 1 heterocycles. The van der Waals surface area contributed by atoms with Gasteiger partial charge in [0.1, 0.15) is 5.60 Å². The number of rotatable bonds is 0. The molecule has 0 aromatic carbocycles. The van der Waals surface area contributed by atoms with Crippen molar-refractivity contribution in [3.05, 3.63) is 0 Å². The van der Waals surface area contributed by atoms with Gasteiger partial charge in [-0.1, -0.05) is 19.3 Å². The zero-order valence-corrected chi connectivity index (χ0v) is 11.9. The predicted octanol–water partition coefficient (Wildman–Crippen LogP) is 2.53. The lowest BCUT2D eigenvalue weighted by Crippen LogP contribution is -2.64. The van der Waals surface area contributed by atoms with E-state index in [2.05, 4.69) is 5.32 Å². The molecule has 4 nitrogen and oxygen atoms in total. The summed E-state index contributed by atoms with van der Waals surface area (Å²) in [6.07, 6.45) is 5.83. The molecule has 18 heavy (non-hydrogen) atoms. The fourth-order valence-electron chi connectivity index (χ4n) is 3.10. The Morgan fingerprint density at radius 1 is 1.22 bits per heavy atom. The van der Waals surface area contributed by atoms with Crippen molar-refractivity contribution in [2.75, 3.05) is 19.6 Å². The lowest BCUT2D eigenvalue weighted by Gasteiger charge is -2.49. The highest BCUT2D eigenvalue weighted by molar-refractivity contribution is 5.69. The van der Waals surface area contributed by atoms with Gasteiger partial charge in [0.05, 0.1) is 5.54 Å². The Hall–Kier alpha value is -0.770. The number of carbonyl (C=O) groups is 1. The molecule has 0 unspecified atom stereocenters. The first-order chi connectivity index (χ1) is 8.43. The van der Waals surface area contributed by atoms with E-state index < -0.39 is 5.60 Å². The Morgan fingerprint density at radius 2 is 1.89 bits per heavy atom. The molecular formula is C14H26N2O2. The first-order valence-electron chi connectivity index (χ1n) is 7.14. The van der Waals surface area contributed by atoms with Gasteiger partial charge in [0, 0.05) is 19.6 Å². The van der Waals surface area contributed by atoms with Gasteiger partial charge in [-0.05, 0) is 33.6 Å². The maximum Gasteiger partial charge on any atom is 0.410 e. The zero-order valence-electron chi connectivity index (χ0n) is 11.9. The number of carbonyl (C=O) groups excluding carboxylic acids is 1. The molecule has 0 radical (unpaired) electrons. The first-order valence-corrected chi connectivity index (χ1v) is 7.14. The second-order valence-electron chi connectivity index (χ2n) is 6.59. The van der Waals surface area contributed by atoms with Gasteiger partial charge in [0.25, 0.3) is 0 Å². The van der Waals surface area contributed by atoms with Crippen LogP contribution in [0.2, 0.25) is 0 Å². The Morgan fingerprint density at radius 3 is 2.50 bits per heavy atom. The molecular weight excluding hydrogens is 228 g/mol. The first kappa shape index (κ1) is 13.7. The van der Waals surface area contributed by atoms with Crippen molar-refractivity contribution in [3.63, 3.8) is 0 Å². The fraction of sp³-hybridized carbons (Fsp3) is 0.929. The highest BCUT2D eigenvalue weighted by Crippen LogP contribution is 2.35. The predicted molar refractivity (Wildman–Crippen MR) is 71.6 cm³/mol. The van der Waals surface area contributed by atoms with E-state index in [1.165, 1.54) is 19.3 Å². The second-order valence-corrected chi connectivity index (χ2v) is 6.59. The third kappa shape index (κ3) is 2.97. The number of piperazine rings is 1. The van der Waals surface area contributed by atoms with E-state index in [4.69, 9.17) is 4.74 Å². The summed E-state index contributed by atoms with van der Waals surface area (Å²) < 4.78 is 5.56. The molecule has 1 N–H and O–H groups in total. The quantitative estimate of drug-likeness (QED) is 0.722. The highest BCUT2D eigenvalue weighted by Gasteiger charge is 2.43. The van der Waals surface area contributed by atoms with Gasteiger partial charge >= 0.3 is 6.09 Å². The highest BCUT2D eigenvalue weighted by atomic mass is 16.6. The number of ether oxygens (including phenoxy) is 1. The van der Waals surface area contributed by atoms with Gasteiger partial charge in [-0.2, -0.15) is 0 Å². The molecule has 2 fully saturated rings. The molecule has 0 bridgehead atoms. The lowest BCUT2D eigenvalue weighted by atomic mass is 9.79. The number of amides is 1. The van der Waals surface area contributed by atoms with Crippen LogP contribution in [0.15, 0.2) is 0 Å². The van der Waals surface area contributed by atoms with Crippen LogP contribution in [0.1, 0.15) is 52.9 Å². The molecule has 2 aliphatic rings. The summed E-state index contributed by atoms with van der Waals surface area (Å²) in [5.41, 5.74) is -0.392. The van der Waals surface area contributed by atoms with Crippen LogP contribution in [0.5, 0.6) is 0 Å². The summed E-state index contributed by atoms with van der Waals surface area (Å²) >= 11 is 0. The lowest BCUT2D eigenvalue weighted by molar-refractivity contribution is -0.0217. The SMILES string of the molecule is CC(C)(C)OC(=O)N1CCNCC12CCCCC2. The normalized spacial score (nSPS) is 24.1. The third-order valence-electron chi connectivity index (χ3n) is 3.94. The van der Waals surface area contributed by atoms with Gasteiger partial charge in [0.2, 0.25) is 0 Å². The van der Waals surface area contributed by atoms with Gasteiger partial charge in [-0.3, -0.25) is 4.90 Å². The van der Waals surface area contributed by atoms with E-state index in [9.17, 15) is 4.79 Å². The van der Waals surface area contributed by atoms with Crippen LogP contribution in [0, 0.1) is 0 Å². The molecule has 1 spiro atoms. The van der Waals surface area contributed by atoms with Crippen LogP contribution in [0.3, 0.4) is 0 Å². The minimum atomic E-state index is -0.405. The van der Waals surface area contributed by atoms with E-state index in [0.717, 1.165) is 32.5 Å². The van der Waals surface area contributed by atoms with Gasteiger partial charge in [0.15, 0.2) is 0 Å². The summed E-state index contributed by atoms with van der Waals surface area (Å²) in [7, 11) is 0. The molecule has 1 saturated heterocycles. The molecule has 4 heteroatoms. The van der Waals surface area contributed by atoms with Gasteiger partial charge < -0.3 is 10.1 Å². The maximum atomic E-state index is 12.4. The number of nitrogens with zero attached hydrogens (tertiary/aromatic N) is 1. The van der Waals surface area contributed by atoms with E-state index in [1.807, 2.05) is 25.7 Å². The maximum absolute atomic E-state index is 12.4. The Bertz CT molecular complexity index is 295. The minimum absolute atomic E-state index is 0.0127. The van der Waals surface area contributed by atoms with Crippen LogP contribution in [0.4, 0.5) is 4.79 Å². The van der Waals surface area contributed by atoms with Crippen molar-refractivity contribution in [3.8, 4) is 0 Å². The Labute approximate surface area is 110 Å². The van der Waals surface area contributed by atoms with Crippen molar-refractivity contribution < 1.29 is 9.53 Å². The molecule has 0 aromatic rings. The van der Waals surface area contributed by atoms with Crippen molar-refractivity contribution in [1.82, 2.24) is 10.2 Å². The Kier molecular flexibility index (Phi) is 3.85. The van der Waals surface area contributed by atoms with Crippen LogP contribution in [-0.4, -0.2) is 41.8 Å². The molecule has 1 amide bonds. The topological polar surface area (TPSA) is 41.6 Å². The summed E-state index contributed by atoms with van der Waals surface area (Å²) in [5.74, 6) is 0. The molecule has 104 valence electrons. The van der Waals surface area contributed by atoms with Gasteiger partial charge in [-0.25, -0.2) is 4.79 Å². The van der Waals surface area contributed by atoms with Crippen LogP contribution >= 0.6 is 0 Å². The molecule has 0 atom stereocenters. The molecule has 1 saturated carbocycles. The van der Waals surface area contributed by atoms with Gasteiger partial charge in [-0.15, -0.1) is 0 Å². The average molecular weight is 254 g/mol. The number of nitrogens with one attached hydrogen (secondary N) is 1. The average Bonchev–Trinajstić information content (AvgIpc) is 2.28. The third-order valence-corrected chi connectivity index (χ3v) is 3.94. The van der Waals surface area contributed by atoms with Crippen molar-refractivity contribution >= 4 is 6.09 Å². The van der Waals surface area contributed by atoms with Crippen molar-refractivity contribution in [1.29, 1.82) is 0 Å². The molecule has 0 aromatic heterocycles. The summed E-state index contributed by atoms with van der Waals surface area (Å²) in [4.78, 5) is 14.4. The second kappa shape index (κ2) is 5.08. The molecule has 1 aliphatic carbocycles. The smallest absolute Gasteiger partial charge is 0.410 e.